The number of H-pyrrole nitrogens is 1. The van der Waals surface area contributed by atoms with Crippen LogP contribution in [0.4, 0.5) is 5.69 Å². The lowest BCUT2D eigenvalue weighted by Gasteiger charge is -2.37. The van der Waals surface area contributed by atoms with E-state index in [1.807, 2.05) is 0 Å². The number of hydrogen-bond acceptors (Lipinski definition) is 1. The van der Waals surface area contributed by atoms with Crippen LogP contribution in [0.3, 0.4) is 0 Å². The Morgan fingerprint density at radius 2 is 1.81 bits per heavy atom. The van der Waals surface area contributed by atoms with E-state index in [-0.39, 0.29) is 0 Å². The van der Waals surface area contributed by atoms with Crippen LogP contribution in [0, 0.1) is 0 Å². The van der Waals surface area contributed by atoms with Gasteiger partial charge in [-0.25, -0.2) is 5.32 Å². The maximum atomic E-state index is 4.64. The van der Waals surface area contributed by atoms with Crippen LogP contribution < -0.4 is 10.2 Å². The molecule has 0 spiro atoms. The molecular formula is C18H18N3. The highest BCUT2D eigenvalue weighted by Gasteiger charge is 2.26. The maximum Gasteiger partial charge on any atom is 0.0705 e. The number of nitrogens with zero attached hydrogens (tertiary/aromatic N) is 2. The molecule has 2 aromatic carbocycles. The topological polar surface area (TPSA) is 33.1 Å². The normalized spacial score (nSPS) is 19.0. The predicted molar refractivity (Wildman–Crippen MR) is 86.7 cm³/mol. The third kappa shape index (κ3) is 2.20. The van der Waals surface area contributed by atoms with Crippen molar-refractivity contribution in [1.29, 1.82) is 0 Å². The van der Waals surface area contributed by atoms with E-state index in [0.717, 1.165) is 19.6 Å². The Morgan fingerprint density at radius 1 is 1.00 bits per heavy atom. The largest absolute Gasteiger partial charge is 0.362 e. The van der Waals surface area contributed by atoms with Gasteiger partial charge in [-0.15, -0.1) is 0 Å². The minimum Gasteiger partial charge on any atom is -0.362 e. The molecule has 1 saturated heterocycles. The number of piperazine rings is 1. The first-order valence-corrected chi connectivity index (χ1v) is 7.44. The summed E-state index contributed by atoms with van der Waals surface area (Å²) in [5, 5.41) is 5.95. The zero-order valence-corrected chi connectivity index (χ0v) is 11.9. The lowest BCUT2D eigenvalue weighted by atomic mass is 10.0. The molecule has 1 radical (unpaired) electrons. The van der Waals surface area contributed by atoms with Crippen LogP contribution in [-0.2, 0) is 0 Å². The molecular weight excluding hydrogens is 258 g/mol. The Bertz CT molecular complexity index is 732. The first-order valence-electron chi connectivity index (χ1n) is 7.44. The van der Waals surface area contributed by atoms with Gasteiger partial charge < -0.3 is 9.88 Å². The van der Waals surface area contributed by atoms with Gasteiger partial charge in [-0.2, -0.15) is 0 Å². The van der Waals surface area contributed by atoms with Crippen molar-refractivity contribution in [2.75, 3.05) is 24.5 Å². The van der Waals surface area contributed by atoms with Crippen molar-refractivity contribution < 1.29 is 0 Å². The Balaban J connectivity index is 1.78. The second-order valence-electron chi connectivity index (χ2n) is 5.46. The fraction of sp³-hybridized carbons (Fsp3) is 0.222. The van der Waals surface area contributed by atoms with Crippen LogP contribution in [0.5, 0.6) is 0 Å². The van der Waals surface area contributed by atoms with Crippen molar-refractivity contribution in [2.24, 2.45) is 0 Å². The quantitative estimate of drug-likeness (QED) is 0.765. The molecule has 0 bridgehead atoms. The third-order valence-electron chi connectivity index (χ3n) is 4.25. The molecule has 0 aliphatic carbocycles. The van der Waals surface area contributed by atoms with Gasteiger partial charge in [-0.3, -0.25) is 0 Å². The van der Waals surface area contributed by atoms with Crippen molar-refractivity contribution in [2.45, 2.75) is 6.04 Å². The number of para-hydroxylation sites is 2. The average Bonchev–Trinajstić information content (AvgIpc) is 3.00. The van der Waals surface area contributed by atoms with E-state index in [9.17, 15) is 0 Å². The summed E-state index contributed by atoms with van der Waals surface area (Å²) in [4.78, 5) is 5.86. The minimum atomic E-state index is 0.317. The Labute approximate surface area is 124 Å². The lowest BCUT2D eigenvalue weighted by Crippen LogP contribution is -2.43. The summed E-state index contributed by atoms with van der Waals surface area (Å²) >= 11 is 0. The molecule has 1 atom stereocenters. The summed E-state index contributed by atoms with van der Waals surface area (Å²) < 4.78 is 0. The van der Waals surface area contributed by atoms with Crippen LogP contribution in [0.15, 0.2) is 60.8 Å². The number of fused-ring (bicyclic) bond motifs is 1. The van der Waals surface area contributed by atoms with Crippen LogP contribution in [-0.4, -0.2) is 24.6 Å². The molecule has 3 heteroatoms. The van der Waals surface area contributed by atoms with Gasteiger partial charge in [0.15, 0.2) is 0 Å². The summed E-state index contributed by atoms with van der Waals surface area (Å²) in [5.41, 5.74) is 3.83. The van der Waals surface area contributed by atoms with Gasteiger partial charge in [-0.1, -0.05) is 36.4 Å². The van der Waals surface area contributed by atoms with Crippen molar-refractivity contribution in [3.8, 4) is 0 Å². The summed E-state index contributed by atoms with van der Waals surface area (Å²) in [6.45, 7) is 2.75. The van der Waals surface area contributed by atoms with Crippen LogP contribution >= 0.6 is 0 Å². The van der Waals surface area contributed by atoms with Crippen LogP contribution in [0.1, 0.15) is 11.6 Å². The van der Waals surface area contributed by atoms with E-state index < -0.39 is 0 Å². The number of hydrogen-bond donors (Lipinski definition) is 1. The van der Waals surface area contributed by atoms with E-state index >= 15 is 0 Å². The second-order valence-corrected chi connectivity index (χ2v) is 5.46. The monoisotopic (exact) mass is 276 g/mol. The van der Waals surface area contributed by atoms with Crippen LogP contribution in [0.25, 0.3) is 10.9 Å². The zero-order valence-electron chi connectivity index (χ0n) is 11.9. The highest BCUT2D eigenvalue weighted by atomic mass is 15.2. The molecule has 1 fully saturated rings. The van der Waals surface area contributed by atoms with Crippen LogP contribution in [0.2, 0.25) is 0 Å². The number of anilines is 1. The maximum absolute atomic E-state index is 4.64. The summed E-state index contributed by atoms with van der Waals surface area (Å²) in [5.74, 6) is 0. The molecule has 3 nitrogen and oxygen atoms in total. The SMILES string of the molecule is c1ccc(N2CC[N]C[C@@H]2c2c[nH]c3ccccc23)cc1. The van der Waals surface area contributed by atoms with Crippen molar-refractivity contribution in [1.82, 2.24) is 10.3 Å². The molecule has 0 unspecified atom stereocenters. The number of rotatable bonds is 2. The summed E-state index contributed by atoms with van der Waals surface area (Å²) in [6.07, 6.45) is 2.14. The smallest absolute Gasteiger partial charge is 0.0705 e. The number of benzene rings is 2. The minimum absolute atomic E-state index is 0.317. The van der Waals surface area contributed by atoms with Gasteiger partial charge in [0, 0.05) is 48.0 Å². The molecule has 3 aromatic rings. The molecule has 21 heavy (non-hydrogen) atoms. The molecule has 1 N–H and O–H groups in total. The van der Waals surface area contributed by atoms with Gasteiger partial charge in [0.1, 0.15) is 0 Å². The number of aromatic nitrogens is 1. The fourth-order valence-corrected chi connectivity index (χ4v) is 3.21. The van der Waals surface area contributed by atoms with Crippen molar-refractivity contribution in [3.63, 3.8) is 0 Å². The molecule has 0 saturated carbocycles. The molecule has 105 valence electrons. The van der Waals surface area contributed by atoms with Gasteiger partial charge in [0.2, 0.25) is 0 Å². The van der Waals surface area contributed by atoms with Gasteiger partial charge in [-0.05, 0) is 18.2 Å². The van der Waals surface area contributed by atoms with E-state index in [1.165, 1.54) is 22.2 Å². The van der Waals surface area contributed by atoms with E-state index in [2.05, 4.69) is 76.0 Å². The van der Waals surface area contributed by atoms with E-state index in [1.54, 1.807) is 0 Å². The third-order valence-corrected chi connectivity index (χ3v) is 4.25. The predicted octanol–water partition coefficient (Wildman–Crippen LogP) is 3.33. The standard InChI is InChI=1S/C18H18N3/c1-2-6-14(7-3-1)21-11-10-19-13-18(21)16-12-20-17-9-5-4-8-15(16)17/h1-9,12,18,20H,10-11,13H2/t18-/m1/s1. The molecule has 1 aliphatic rings. The van der Waals surface area contributed by atoms with Crippen molar-refractivity contribution >= 4 is 16.6 Å². The summed E-state index contributed by atoms with van der Waals surface area (Å²) in [6, 6.07) is 19.5. The Morgan fingerprint density at radius 3 is 2.71 bits per heavy atom. The number of aromatic amines is 1. The number of nitrogens with one attached hydrogen (secondary N) is 1. The second kappa shape index (κ2) is 5.26. The van der Waals surface area contributed by atoms with Gasteiger partial charge in [0.25, 0.3) is 0 Å². The molecule has 2 heterocycles. The van der Waals surface area contributed by atoms with Gasteiger partial charge in [0.05, 0.1) is 6.04 Å². The van der Waals surface area contributed by atoms with Gasteiger partial charge >= 0.3 is 0 Å². The zero-order chi connectivity index (χ0) is 14.1. The van der Waals surface area contributed by atoms with E-state index in [4.69, 9.17) is 0 Å². The highest BCUT2D eigenvalue weighted by Crippen LogP contribution is 2.32. The van der Waals surface area contributed by atoms with E-state index in [0.29, 0.717) is 6.04 Å². The molecule has 0 amide bonds. The molecule has 1 aromatic heterocycles. The molecule has 4 rings (SSSR count). The highest BCUT2D eigenvalue weighted by molar-refractivity contribution is 5.84. The first kappa shape index (κ1) is 12.5. The first-order chi connectivity index (χ1) is 10.4. The fourth-order valence-electron chi connectivity index (χ4n) is 3.21. The van der Waals surface area contributed by atoms with Crippen molar-refractivity contribution in [3.05, 3.63) is 66.4 Å². The Hall–Kier alpha value is -2.26. The molecule has 1 aliphatic heterocycles. The average molecular weight is 276 g/mol. The summed E-state index contributed by atoms with van der Waals surface area (Å²) in [7, 11) is 0. The lowest BCUT2D eigenvalue weighted by molar-refractivity contribution is 0.484. The Kier molecular flexibility index (Phi) is 3.13.